The van der Waals surface area contributed by atoms with Gasteiger partial charge in [-0.1, -0.05) is 23.5 Å². The number of ether oxygens (including phenoxy) is 2. The molecule has 0 aliphatic carbocycles. The van der Waals surface area contributed by atoms with Gasteiger partial charge in [0.1, 0.15) is 0 Å². The summed E-state index contributed by atoms with van der Waals surface area (Å²) in [4.78, 5) is 29.4. The van der Waals surface area contributed by atoms with E-state index in [0.29, 0.717) is 21.0 Å². The Morgan fingerprint density at radius 1 is 1.23 bits per heavy atom. The fourth-order valence-electron chi connectivity index (χ4n) is 3.23. The lowest BCUT2D eigenvalue weighted by atomic mass is 10.1. The third-order valence-corrected chi connectivity index (χ3v) is 6.04. The van der Waals surface area contributed by atoms with E-state index in [2.05, 4.69) is 4.98 Å². The second-order valence-electron chi connectivity index (χ2n) is 7.03. The Bertz CT molecular complexity index is 1400. The molecule has 4 aromatic rings. The van der Waals surface area contributed by atoms with Crippen molar-refractivity contribution in [3.63, 3.8) is 0 Å². The molecule has 2 aromatic carbocycles. The Balaban J connectivity index is 1.80. The number of aryl methyl sites for hydroxylation is 2. The summed E-state index contributed by atoms with van der Waals surface area (Å²) in [5.41, 5.74) is 4.47. The molecule has 8 heteroatoms. The van der Waals surface area contributed by atoms with Crippen molar-refractivity contribution in [3.05, 3.63) is 61.9 Å². The molecule has 7 nitrogen and oxygen atoms in total. The number of fused-ring (bicyclic) bond motifs is 3. The summed E-state index contributed by atoms with van der Waals surface area (Å²) in [7, 11) is 1.48. The van der Waals surface area contributed by atoms with E-state index >= 15 is 0 Å². The number of rotatable bonds is 5. The van der Waals surface area contributed by atoms with E-state index in [1.54, 1.807) is 28.7 Å². The van der Waals surface area contributed by atoms with Crippen LogP contribution in [0.1, 0.15) is 23.6 Å². The predicted octanol–water partition coefficient (Wildman–Crippen LogP) is 2.93. The Morgan fingerprint density at radius 2 is 2.00 bits per heavy atom. The summed E-state index contributed by atoms with van der Waals surface area (Å²) in [6.45, 7) is 5.48. The second-order valence-corrected chi connectivity index (χ2v) is 8.04. The summed E-state index contributed by atoms with van der Waals surface area (Å²) < 4.78 is 12.9. The molecule has 154 valence electrons. The number of methoxy groups -OCH3 is 1. The minimum Gasteiger partial charge on any atom is -0.493 e. The maximum Gasteiger partial charge on any atom is 0.344 e. The highest BCUT2D eigenvalue weighted by atomic mass is 32.1. The van der Waals surface area contributed by atoms with Crippen molar-refractivity contribution in [2.45, 2.75) is 26.9 Å². The first kappa shape index (κ1) is 19.9. The number of aliphatic carboxylic acids is 1. The van der Waals surface area contributed by atoms with Crippen molar-refractivity contribution in [2.24, 2.45) is 0 Å². The van der Waals surface area contributed by atoms with Gasteiger partial charge in [-0.3, -0.25) is 4.79 Å². The zero-order chi connectivity index (χ0) is 21.6. The van der Waals surface area contributed by atoms with Gasteiger partial charge in [-0.15, -0.1) is 0 Å². The van der Waals surface area contributed by atoms with Crippen LogP contribution in [0.15, 0.2) is 35.1 Å². The monoisotopic (exact) mass is 424 g/mol. The van der Waals surface area contributed by atoms with Crippen LogP contribution in [0.5, 0.6) is 11.5 Å². The fraction of sp³-hybridized carbons (Fsp3) is 0.227. The molecule has 0 amide bonds. The van der Waals surface area contributed by atoms with Gasteiger partial charge in [0.2, 0.25) is 0 Å². The van der Waals surface area contributed by atoms with E-state index in [4.69, 9.17) is 14.6 Å². The van der Waals surface area contributed by atoms with Crippen LogP contribution in [0.2, 0.25) is 0 Å². The molecule has 0 aliphatic rings. The first-order chi connectivity index (χ1) is 14.3. The molecule has 0 fully saturated rings. The average molecular weight is 424 g/mol. The number of nitrogens with zero attached hydrogens (tertiary/aromatic N) is 2. The van der Waals surface area contributed by atoms with Crippen LogP contribution in [-0.4, -0.2) is 33.7 Å². The van der Waals surface area contributed by atoms with Crippen molar-refractivity contribution in [1.29, 1.82) is 0 Å². The largest absolute Gasteiger partial charge is 0.493 e. The Hall–Kier alpha value is -3.39. The lowest BCUT2D eigenvalue weighted by molar-refractivity contribution is -0.144. The Morgan fingerprint density at radius 3 is 2.70 bits per heavy atom. The predicted molar refractivity (Wildman–Crippen MR) is 116 cm³/mol. The summed E-state index contributed by atoms with van der Waals surface area (Å²) in [5, 5.41) is 9.03. The van der Waals surface area contributed by atoms with Gasteiger partial charge in [-0.25, -0.2) is 14.2 Å². The number of imidazole rings is 1. The van der Waals surface area contributed by atoms with Crippen LogP contribution in [0.3, 0.4) is 0 Å². The molecule has 0 aliphatic heterocycles. The van der Waals surface area contributed by atoms with Crippen molar-refractivity contribution < 1.29 is 19.4 Å². The zero-order valence-corrected chi connectivity index (χ0v) is 17.7. The van der Waals surface area contributed by atoms with E-state index in [1.165, 1.54) is 25.4 Å². The number of hydrogen-bond acceptors (Lipinski definition) is 6. The molecule has 2 heterocycles. The van der Waals surface area contributed by atoms with Crippen LogP contribution in [0, 0.1) is 13.8 Å². The summed E-state index contributed by atoms with van der Waals surface area (Å²) in [6, 6.07) is 9.01. The summed E-state index contributed by atoms with van der Waals surface area (Å²) in [5.74, 6) is -0.352. The molecule has 30 heavy (non-hydrogen) atoms. The third-order valence-electron chi connectivity index (χ3n) is 5.07. The number of aromatic nitrogens is 2. The van der Waals surface area contributed by atoms with Gasteiger partial charge in [0, 0.05) is 0 Å². The Labute approximate surface area is 175 Å². The van der Waals surface area contributed by atoms with E-state index in [9.17, 15) is 9.59 Å². The third kappa shape index (κ3) is 3.29. The van der Waals surface area contributed by atoms with Gasteiger partial charge < -0.3 is 14.6 Å². The van der Waals surface area contributed by atoms with E-state index in [0.717, 1.165) is 27.7 Å². The van der Waals surface area contributed by atoms with E-state index in [-0.39, 0.29) is 5.56 Å². The zero-order valence-electron chi connectivity index (χ0n) is 16.9. The smallest absolute Gasteiger partial charge is 0.344 e. The Kier molecular flexibility index (Phi) is 4.95. The SMILES string of the molecule is COc1cc(C=c2sc3nc4c(C)c(C)ccc4n3c2=O)ccc1OC(C)C(=O)O. The van der Waals surface area contributed by atoms with E-state index in [1.807, 2.05) is 26.0 Å². The molecule has 4 rings (SSSR count). The standard InChI is InChI=1S/C22H20N2O5S/c1-11-5-7-15-19(12(11)2)23-22-24(15)20(25)18(30-22)10-14-6-8-16(17(9-14)28-4)29-13(3)21(26)27/h5-10,13H,1-4H3,(H,26,27). The molecule has 0 radical (unpaired) electrons. The molecule has 0 spiro atoms. The van der Waals surface area contributed by atoms with Gasteiger partial charge in [0.05, 0.1) is 22.7 Å². The average Bonchev–Trinajstić information content (AvgIpc) is 3.23. The van der Waals surface area contributed by atoms with Crippen LogP contribution < -0.4 is 19.6 Å². The number of carboxylic acids is 1. The van der Waals surface area contributed by atoms with Crippen molar-refractivity contribution >= 4 is 39.4 Å². The highest BCUT2D eigenvalue weighted by Crippen LogP contribution is 2.29. The van der Waals surface area contributed by atoms with Crippen molar-refractivity contribution in [2.75, 3.05) is 7.11 Å². The molecule has 0 saturated carbocycles. The summed E-state index contributed by atoms with van der Waals surface area (Å²) in [6.07, 6.45) is 0.758. The molecule has 1 unspecified atom stereocenters. The fourth-order valence-corrected chi connectivity index (χ4v) is 4.21. The molecule has 0 bridgehead atoms. The molecular formula is C22H20N2O5S. The van der Waals surface area contributed by atoms with E-state index < -0.39 is 12.1 Å². The van der Waals surface area contributed by atoms with Crippen LogP contribution >= 0.6 is 11.3 Å². The second kappa shape index (κ2) is 7.46. The van der Waals surface area contributed by atoms with Crippen LogP contribution in [-0.2, 0) is 4.79 Å². The highest BCUT2D eigenvalue weighted by molar-refractivity contribution is 7.15. The molecule has 1 atom stereocenters. The van der Waals surface area contributed by atoms with Crippen molar-refractivity contribution in [3.8, 4) is 11.5 Å². The number of hydrogen-bond donors (Lipinski definition) is 1. The van der Waals surface area contributed by atoms with Crippen LogP contribution in [0.25, 0.3) is 22.1 Å². The maximum atomic E-state index is 13.0. The molecule has 0 saturated heterocycles. The quantitative estimate of drug-likeness (QED) is 0.530. The summed E-state index contributed by atoms with van der Waals surface area (Å²) >= 11 is 1.33. The highest BCUT2D eigenvalue weighted by Gasteiger charge is 2.16. The minimum absolute atomic E-state index is 0.125. The van der Waals surface area contributed by atoms with Gasteiger partial charge in [0.15, 0.2) is 22.6 Å². The number of thiazole rings is 1. The topological polar surface area (TPSA) is 90.1 Å². The molecule has 1 N–H and O–H groups in total. The number of carbonyl (C=O) groups is 1. The first-order valence-corrected chi connectivity index (χ1v) is 10.1. The molecular weight excluding hydrogens is 404 g/mol. The lowest BCUT2D eigenvalue weighted by Crippen LogP contribution is -2.23. The van der Waals surface area contributed by atoms with Gasteiger partial charge in [0.25, 0.3) is 5.56 Å². The first-order valence-electron chi connectivity index (χ1n) is 9.30. The number of carboxylic acid groups (broad SMARTS) is 1. The lowest BCUT2D eigenvalue weighted by Gasteiger charge is -2.14. The van der Waals surface area contributed by atoms with Gasteiger partial charge >= 0.3 is 5.97 Å². The number of benzene rings is 2. The van der Waals surface area contributed by atoms with Gasteiger partial charge in [-0.2, -0.15) is 0 Å². The minimum atomic E-state index is -1.07. The van der Waals surface area contributed by atoms with Gasteiger partial charge in [-0.05, 0) is 61.7 Å². The molecule has 2 aromatic heterocycles. The maximum absolute atomic E-state index is 13.0. The normalized spacial score (nSPS) is 13.1. The van der Waals surface area contributed by atoms with Crippen LogP contribution in [0.4, 0.5) is 0 Å². The van der Waals surface area contributed by atoms with Crippen molar-refractivity contribution in [1.82, 2.24) is 9.38 Å².